The van der Waals surface area contributed by atoms with Crippen LogP contribution in [0.15, 0.2) is 4.99 Å². The Hall–Kier alpha value is -3.15. The molecule has 0 aliphatic rings. The lowest BCUT2D eigenvalue weighted by Gasteiger charge is -2.23. The van der Waals surface area contributed by atoms with Gasteiger partial charge in [0.25, 0.3) is 0 Å². The van der Waals surface area contributed by atoms with Gasteiger partial charge in [0.15, 0.2) is 5.96 Å². The molecule has 0 radical (unpaired) electrons. The van der Waals surface area contributed by atoms with Crippen LogP contribution in [0.25, 0.3) is 0 Å². The topological polar surface area (TPSA) is 290 Å². The number of amides is 4. The van der Waals surface area contributed by atoms with Crippen molar-refractivity contribution in [1.29, 1.82) is 0 Å². The number of unbranched alkanes of at least 4 members (excludes halogenated alkanes) is 1. The van der Waals surface area contributed by atoms with E-state index in [4.69, 9.17) is 28.0 Å². The molecule has 0 saturated carbocycles. The van der Waals surface area contributed by atoms with Crippen LogP contribution in [0.2, 0.25) is 0 Å². The number of carboxylic acids is 1. The van der Waals surface area contributed by atoms with Crippen molar-refractivity contribution >= 4 is 48.2 Å². The molecule has 0 saturated heterocycles. The third kappa shape index (κ3) is 14.9. The number of carbonyl (C=O) groups is 5. The third-order valence-corrected chi connectivity index (χ3v) is 5.30. The second-order valence-corrected chi connectivity index (χ2v) is 8.37. The molecule has 0 aromatic rings. The summed E-state index contributed by atoms with van der Waals surface area (Å²) in [6, 6.07) is -4.82. The molecule has 0 fully saturated rings. The number of aliphatic imine (C=N–C) groups is 1. The minimum atomic E-state index is -1.47. The average molecular weight is 550 g/mol. The highest BCUT2D eigenvalue weighted by molar-refractivity contribution is 7.80. The number of rotatable bonds is 19. The Labute approximate surface area is 220 Å². The van der Waals surface area contributed by atoms with E-state index < -0.39 is 66.9 Å². The number of aliphatic hydroxyl groups is 1. The summed E-state index contributed by atoms with van der Waals surface area (Å²) in [5, 5.41) is 27.8. The first-order chi connectivity index (χ1) is 17.5. The third-order valence-electron chi connectivity index (χ3n) is 4.94. The molecule has 0 aliphatic heterocycles. The number of carbonyl (C=O) groups excluding carboxylic acids is 4. The first kappa shape index (κ1) is 33.8. The molecule has 14 N–H and O–H groups in total. The minimum Gasteiger partial charge on any atom is -0.480 e. The van der Waals surface area contributed by atoms with Crippen molar-refractivity contribution in [3.63, 3.8) is 0 Å². The maximum atomic E-state index is 12.8. The highest BCUT2D eigenvalue weighted by Crippen LogP contribution is 2.02. The quantitative estimate of drug-likeness (QED) is 0.0314. The van der Waals surface area contributed by atoms with Gasteiger partial charge in [0.2, 0.25) is 23.6 Å². The molecule has 0 unspecified atom stereocenters. The van der Waals surface area contributed by atoms with Gasteiger partial charge in [0, 0.05) is 12.3 Å². The molecule has 0 rings (SSSR count). The smallest absolute Gasteiger partial charge is 0.327 e. The zero-order valence-corrected chi connectivity index (χ0v) is 21.4. The lowest BCUT2D eigenvalue weighted by Crippen LogP contribution is -2.57. The number of hydrogen-bond acceptors (Lipinski definition) is 10. The number of aliphatic carboxylic acids is 1. The Morgan fingerprint density at radius 2 is 1.49 bits per heavy atom. The second kappa shape index (κ2) is 19.0. The summed E-state index contributed by atoms with van der Waals surface area (Å²) in [5.74, 6) is -4.64. The number of hydrogen-bond donors (Lipinski definition) is 11. The van der Waals surface area contributed by atoms with Crippen molar-refractivity contribution in [2.24, 2.45) is 27.9 Å². The summed E-state index contributed by atoms with van der Waals surface area (Å²) >= 11 is 3.84. The molecule has 212 valence electrons. The highest BCUT2D eigenvalue weighted by Gasteiger charge is 2.28. The minimum absolute atomic E-state index is 0.0761. The lowest BCUT2D eigenvalue weighted by molar-refractivity contribution is -0.141. The van der Waals surface area contributed by atoms with E-state index in [1.165, 1.54) is 0 Å². The molecule has 0 heterocycles. The Morgan fingerprint density at radius 3 is 2.03 bits per heavy atom. The van der Waals surface area contributed by atoms with E-state index in [1.54, 1.807) is 0 Å². The summed E-state index contributed by atoms with van der Waals surface area (Å²) in [4.78, 5) is 64.4. The number of guanidine groups is 1. The van der Waals surface area contributed by atoms with Gasteiger partial charge >= 0.3 is 5.97 Å². The number of thiol groups is 1. The van der Waals surface area contributed by atoms with Gasteiger partial charge < -0.3 is 54.4 Å². The van der Waals surface area contributed by atoms with Gasteiger partial charge in [0.1, 0.15) is 18.1 Å². The summed E-state index contributed by atoms with van der Waals surface area (Å²) in [6.45, 7) is -0.645. The van der Waals surface area contributed by atoms with Crippen molar-refractivity contribution < 1.29 is 34.2 Å². The van der Waals surface area contributed by atoms with Crippen LogP contribution in [-0.2, 0) is 24.0 Å². The van der Waals surface area contributed by atoms with Gasteiger partial charge in [-0.15, -0.1) is 0 Å². The summed E-state index contributed by atoms with van der Waals surface area (Å²) in [6.07, 6.45) is 1.88. The molecule has 37 heavy (non-hydrogen) atoms. The first-order valence-corrected chi connectivity index (χ1v) is 12.2. The number of nitrogens with two attached hydrogens (primary N) is 4. The van der Waals surface area contributed by atoms with Crippen LogP contribution in [0.5, 0.6) is 0 Å². The zero-order chi connectivity index (χ0) is 28.4. The first-order valence-electron chi connectivity index (χ1n) is 11.6. The highest BCUT2D eigenvalue weighted by atomic mass is 32.1. The van der Waals surface area contributed by atoms with E-state index in [2.05, 4.69) is 38.9 Å². The Kier molecular flexibility index (Phi) is 17.4. The molecule has 0 aromatic heterocycles. The fourth-order valence-corrected chi connectivity index (χ4v) is 3.13. The molecule has 4 atom stereocenters. The fourth-order valence-electron chi connectivity index (χ4n) is 2.88. The van der Waals surface area contributed by atoms with Crippen LogP contribution in [0.1, 0.15) is 32.1 Å². The van der Waals surface area contributed by atoms with Crippen LogP contribution in [0.4, 0.5) is 0 Å². The zero-order valence-electron chi connectivity index (χ0n) is 20.5. The summed E-state index contributed by atoms with van der Waals surface area (Å²) in [7, 11) is 0. The van der Waals surface area contributed by atoms with Gasteiger partial charge in [-0.2, -0.15) is 12.6 Å². The van der Waals surface area contributed by atoms with E-state index in [-0.39, 0.29) is 24.6 Å². The van der Waals surface area contributed by atoms with Crippen molar-refractivity contribution in [1.82, 2.24) is 21.3 Å². The van der Waals surface area contributed by atoms with E-state index in [0.29, 0.717) is 32.4 Å². The van der Waals surface area contributed by atoms with E-state index >= 15 is 0 Å². The molecule has 17 heteroatoms. The molecular weight excluding hydrogens is 510 g/mol. The Bertz CT molecular complexity index is 796. The van der Waals surface area contributed by atoms with E-state index in [9.17, 15) is 29.1 Å². The molecule has 16 nitrogen and oxygen atoms in total. The van der Waals surface area contributed by atoms with Crippen molar-refractivity contribution in [3.05, 3.63) is 0 Å². The van der Waals surface area contributed by atoms with Crippen molar-refractivity contribution in [2.75, 3.05) is 32.0 Å². The lowest BCUT2D eigenvalue weighted by atomic mass is 10.1. The SMILES string of the molecule is NCCCC[C@H](NC(=O)CNC(=O)[C@@H](N)CCCN=C(N)N)C(=O)N[C@@H](CO)C(=O)N[C@@H](CS)C(=O)O. The Balaban J connectivity index is 4.99. The van der Waals surface area contributed by atoms with Gasteiger partial charge in [0.05, 0.1) is 19.2 Å². The fraction of sp³-hybridized carbons (Fsp3) is 0.700. The molecule has 0 spiro atoms. The van der Waals surface area contributed by atoms with Crippen LogP contribution < -0.4 is 44.2 Å². The molecule has 0 bridgehead atoms. The van der Waals surface area contributed by atoms with E-state index in [1.807, 2.05) is 0 Å². The van der Waals surface area contributed by atoms with Crippen LogP contribution in [0, 0.1) is 0 Å². The standard InChI is InChI=1S/C20H39N9O7S/c21-6-2-1-5-12(17(33)28-13(9-30)18(34)29-14(10-37)19(35)36)27-15(31)8-26-16(32)11(22)4-3-7-25-20(23)24/h11-14,30,37H,1-10,21-22H2,(H,26,32)(H,27,31)(H,28,33)(H,29,34)(H,35,36)(H4,23,24,25)/t11-,12-,13-,14-/m0/s1. The van der Waals surface area contributed by atoms with Crippen LogP contribution in [0.3, 0.4) is 0 Å². The molecule has 4 amide bonds. The largest absolute Gasteiger partial charge is 0.480 e. The Morgan fingerprint density at radius 1 is 0.865 bits per heavy atom. The monoisotopic (exact) mass is 549 g/mol. The van der Waals surface area contributed by atoms with Crippen LogP contribution in [-0.4, -0.2) is 102 Å². The van der Waals surface area contributed by atoms with Gasteiger partial charge in [-0.25, -0.2) is 4.79 Å². The van der Waals surface area contributed by atoms with Gasteiger partial charge in [-0.3, -0.25) is 24.2 Å². The maximum absolute atomic E-state index is 12.8. The molecule has 0 aliphatic carbocycles. The number of nitrogens with one attached hydrogen (secondary N) is 4. The van der Waals surface area contributed by atoms with Crippen molar-refractivity contribution in [2.45, 2.75) is 56.3 Å². The second-order valence-electron chi connectivity index (χ2n) is 8.00. The predicted molar refractivity (Wildman–Crippen MR) is 138 cm³/mol. The van der Waals surface area contributed by atoms with Gasteiger partial charge in [-0.1, -0.05) is 0 Å². The summed E-state index contributed by atoms with van der Waals surface area (Å²) in [5.41, 5.74) is 21.7. The summed E-state index contributed by atoms with van der Waals surface area (Å²) < 4.78 is 0. The normalized spacial score (nSPS) is 13.8. The number of nitrogens with zero attached hydrogens (tertiary/aromatic N) is 1. The molecular formula is C20H39N9O7S. The van der Waals surface area contributed by atoms with Gasteiger partial charge in [-0.05, 0) is 38.6 Å². The number of aliphatic hydroxyl groups excluding tert-OH is 1. The average Bonchev–Trinajstić information content (AvgIpc) is 2.85. The number of carboxylic acid groups (broad SMARTS) is 1. The molecule has 0 aromatic carbocycles. The predicted octanol–water partition coefficient (Wildman–Crippen LogP) is -4.93. The van der Waals surface area contributed by atoms with E-state index in [0.717, 1.165) is 0 Å². The van der Waals surface area contributed by atoms with Crippen LogP contribution >= 0.6 is 12.6 Å². The van der Waals surface area contributed by atoms with Crippen molar-refractivity contribution in [3.8, 4) is 0 Å². The maximum Gasteiger partial charge on any atom is 0.327 e.